The molecule has 0 N–H and O–H groups in total. The van der Waals surface area contributed by atoms with Crippen LogP contribution in [-0.4, -0.2) is 29.8 Å². The summed E-state index contributed by atoms with van der Waals surface area (Å²) in [4.78, 5) is 4.86. The molecular formula is C21H28N6. The molecule has 0 atom stereocenters. The van der Waals surface area contributed by atoms with Crippen LogP contribution in [0, 0.1) is 0 Å². The van der Waals surface area contributed by atoms with E-state index < -0.39 is 0 Å². The number of nitrogens with zero attached hydrogens (tertiary/aromatic N) is 6. The van der Waals surface area contributed by atoms with Crippen LogP contribution in [0.1, 0.15) is 63.8 Å². The van der Waals surface area contributed by atoms with Gasteiger partial charge in [-0.05, 0) is 52.0 Å². The highest BCUT2D eigenvalue weighted by Crippen LogP contribution is 2.35. The lowest BCUT2D eigenvalue weighted by Gasteiger charge is -2.21. The Morgan fingerprint density at radius 2 is 1.89 bits per heavy atom. The standard InChI is InChI=1S/C21H28N6/c1-21(2,3)27-15-18(23-25-27)20-22-19(17-12-7-13-17)24-26(20)14-8-11-16-9-5-4-6-10-16/h4-6,9-10,15,17H,7-8,11-14H2,1-3H3. The molecule has 1 saturated carbocycles. The Hall–Kier alpha value is -2.50. The highest BCUT2D eigenvalue weighted by atomic mass is 15.5. The van der Waals surface area contributed by atoms with Crippen LogP contribution < -0.4 is 0 Å². The summed E-state index contributed by atoms with van der Waals surface area (Å²) in [7, 11) is 0. The number of hydrogen-bond donors (Lipinski definition) is 0. The van der Waals surface area contributed by atoms with Gasteiger partial charge in [-0.25, -0.2) is 14.3 Å². The molecule has 0 unspecified atom stereocenters. The summed E-state index contributed by atoms with van der Waals surface area (Å²) < 4.78 is 3.93. The monoisotopic (exact) mass is 364 g/mol. The van der Waals surface area contributed by atoms with Crippen molar-refractivity contribution in [1.82, 2.24) is 29.8 Å². The van der Waals surface area contributed by atoms with Gasteiger partial charge >= 0.3 is 0 Å². The van der Waals surface area contributed by atoms with E-state index in [2.05, 4.69) is 61.4 Å². The predicted molar refractivity (Wildman–Crippen MR) is 105 cm³/mol. The Bertz CT molecular complexity index is 883. The van der Waals surface area contributed by atoms with Crippen molar-refractivity contribution in [2.24, 2.45) is 0 Å². The Labute approximate surface area is 160 Å². The van der Waals surface area contributed by atoms with Gasteiger partial charge in [-0.1, -0.05) is 42.0 Å². The normalized spacial score (nSPS) is 15.1. The van der Waals surface area contributed by atoms with E-state index in [-0.39, 0.29) is 5.54 Å². The first-order valence-electron chi connectivity index (χ1n) is 9.92. The van der Waals surface area contributed by atoms with Crippen LogP contribution >= 0.6 is 0 Å². The molecule has 0 spiro atoms. The smallest absolute Gasteiger partial charge is 0.180 e. The maximum absolute atomic E-state index is 4.86. The van der Waals surface area contributed by atoms with Crippen molar-refractivity contribution < 1.29 is 0 Å². The number of hydrogen-bond acceptors (Lipinski definition) is 4. The average molecular weight is 364 g/mol. The van der Waals surface area contributed by atoms with Gasteiger partial charge in [-0.3, -0.25) is 0 Å². The van der Waals surface area contributed by atoms with Crippen molar-refractivity contribution in [3.05, 3.63) is 47.9 Å². The zero-order valence-corrected chi connectivity index (χ0v) is 16.5. The molecule has 6 heteroatoms. The highest BCUT2D eigenvalue weighted by Gasteiger charge is 2.26. The van der Waals surface area contributed by atoms with Crippen molar-refractivity contribution in [3.8, 4) is 11.5 Å². The molecule has 142 valence electrons. The van der Waals surface area contributed by atoms with Gasteiger partial charge in [-0.15, -0.1) is 5.10 Å². The number of benzene rings is 1. The number of aromatic nitrogens is 6. The van der Waals surface area contributed by atoms with E-state index in [1.807, 2.05) is 15.6 Å². The van der Waals surface area contributed by atoms with Crippen LogP contribution in [0.4, 0.5) is 0 Å². The minimum Gasteiger partial charge on any atom is -0.247 e. The van der Waals surface area contributed by atoms with Gasteiger partial charge in [0.1, 0.15) is 5.69 Å². The minimum atomic E-state index is -0.0970. The molecule has 27 heavy (non-hydrogen) atoms. The van der Waals surface area contributed by atoms with Crippen LogP contribution in [0.2, 0.25) is 0 Å². The maximum atomic E-state index is 4.86. The van der Waals surface area contributed by atoms with E-state index in [0.717, 1.165) is 36.7 Å². The molecule has 1 aliphatic carbocycles. The van der Waals surface area contributed by atoms with Crippen LogP contribution in [0.3, 0.4) is 0 Å². The third-order valence-electron chi connectivity index (χ3n) is 5.25. The molecule has 3 aromatic rings. The Morgan fingerprint density at radius 3 is 2.52 bits per heavy atom. The average Bonchev–Trinajstić information content (AvgIpc) is 3.21. The van der Waals surface area contributed by atoms with Gasteiger partial charge in [0.05, 0.1) is 11.7 Å². The molecular weight excluding hydrogens is 336 g/mol. The molecule has 2 heterocycles. The van der Waals surface area contributed by atoms with Gasteiger partial charge in [0.25, 0.3) is 0 Å². The van der Waals surface area contributed by atoms with E-state index in [1.54, 1.807) is 0 Å². The molecule has 0 saturated heterocycles. The molecule has 0 radical (unpaired) electrons. The molecule has 6 nitrogen and oxygen atoms in total. The highest BCUT2D eigenvalue weighted by molar-refractivity contribution is 5.47. The largest absolute Gasteiger partial charge is 0.247 e. The summed E-state index contributed by atoms with van der Waals surface area (Å²) in [5.74, 6) is 2.33. The second kappa shape index (κ2) is 7.25. The van der Waals surface area contributed by atoms with Crippen molar-refractivity contribution in [3.63, 3.8) is 0 Å². The van der Waals surface area contributed by atoms with Crippen molar-refractivity contribution in [1.29, 1.82) is 0 Å². The summed E-state index contributed by atoms with van der Waals surface area (Å²) in [5.41, 5.74) is 2.07. The fourth-order valence-electron chi connectivity index (χ4n) is 3.32. The molecule has 0 amide bonds. The molecule has 0 aliphatic heterocycles. The van der Waals surface area contributed by atoms with Crippen LogP contribution in [-0.2, 0) is 18.5 Å². The van der Waals surface area contributed by atoms with E-state index >= 15 is 0 Å². The fourth-order valence-corrected chi connectivity index (χ4v) is 3.32. The van der Waals surface area contributed by atoms with Gasteiger partial charge in [0, 0.05) is 12.5 Å². The van der Waals surface area contributed by atoms with Crippen LogP contribution in [0.15, 0.2) is 36.5 Å². The van der Waals surface area contributed by atoms with Crippen molar-refractivity contribution >= 4 is 0 Å². The molecule has 2 aromatic heterocycles. The first-order chi connectivity index (χ1) is 13.0. The second-order valence-electron chi connectivity index (χ2n) is 8.45. The molecule has 0 bridgehead atoms. The maximum Gasteiger partial charge on any atom is 0.180 e. The summed E-state index contributed by atoms with van der Waals surface area (Å²) >= 11 is 0. The topological polar surface area (TPSA) is 61.4 Å². The summed E-state index contributed by atoms with van der Waals surface area (Å²) in [6.07, 6.45) is 7.72. The summed E-state index contributed by atoms with van der Waals surface area (Å²) in [6, 6.07) is 10.6. The molecule has 1 fully saturated rings. The zero-order chi connectivity index (χ0) is 18.9. The van der Waals surface area contributed by atoms with E-state index in [0.29, 0.717) is 5.92 Å². The quantitative estimate of drug-likeness (QED) is 0.658. The number of aryl methyl sites for hydroxylation is 2. The van der Waals surface area contributed by atoms with Crippen LogP contribution in [0.5, 0.6) is 0 Å². The zero-order valence-electron chi connectivity index (χ0n) is 16.5. The Kier molecular flexibility index (Phi) is 4.81. The Morgan fingerprint density at radius 1 is 1.11 bits per heavy atom. The van der Waals surface area contributed by atoms with E-state index in [1.165, 1.54) is 24.8 Å². The van der Waals surface area contributed by atoms with Gasteiger partial charge < -0.3 is 0 Å². The van der Waals surface area contributed by atoms with Crippen molar-refractivity contribution in [2.75, 3.05) is 0 Å². The lowest BCUT2D eigenvalue weighted by Crippen LogP contribution is -2.22. The van der Waals surface area contributed by atoms with Crippen LogP contribution in [0.25, 0.3) is 11.5 Å². The Balaban J connectivity index is 1.55. The van der Waals surface area contributed by atoms with E-state index in [9.17, 15) is 0 Å². The fraction of sp³-hybridized carbons (Fsp3) is 0.524. The van der Waals surface area contributed by atoms with E-state index in [4.69, 9.17) is 10.1 Å². The van der Waals surface area contributed by atoms with Crippen molar-refractivity contribution in [2.45, 2.75) is 70.9 Å². The third-order valence-corrected chi connectivity index (χ3v) is 5.25. The lowest BCUT2D eigenvalue weighted by atomic mass is 9.85. The first kappa shape index (κ1) is 17.9. The minimum absolute atomic E-state index is 0.0970. The SMILES string of the molecule is CC(C)(C)n1cc(-c2nc(C3CCC3)nn2CCCc2ccccc2)nn1. The van der Waals surface area contributed by atoms with Gasteiger partial charge in [-0.2, -0.15) is 5.10 Å². The summed E-state index contributed by atoms with van der Waals surface area (Å²) in [5, 5.41) is 13.5. The van der Waals surface area contributed by atoms with Gasteiger partial charge in [0.2, 0.25) is 0 Å². The van der Waals surface area contributed by atoms with Gasteiger partial charge in [0.15, 0.2) is 11.6 Å². The molecule has 4 rings (SSSR count). The second-order valence-corrected chi connectivity index (χ2v) is 8.45. The molecule has 1 aliphatic rings. The predicted octanol–water partition coefficient (Wildman–Crippen LogP) is 4.19. The third kappa shape index (κ3) is 3.94. The lowest BCUT2D eigenvalue weighted by molar-refractivity contribution is 0.347. The first-order valence-corrected chi connectivity index (χ1v) is 9.92. The molecule has 1 aromatic carbocycles. The summed E-state index contributed by atoms with van der Waals surface area (Å²) in [6.45, 7) is 7.20. The number of rotatable bonds is 6.